The van der Waals surface area contributed by atoms with Crippen LogP contribution in [0, 0.1) is 0 Å². The second-order valence-corrected chi connectivity index (χ2v) is 5.03. The van der Waals surface area contributed by atoms with Crippen LogP contribution in [0.4, 0.5) is 0 Å². The van der Waals surface area contributed by atoms with E-state index in [0.717, 1.165) is 21.2 Å². The highest BCUT2D eigenvalue weighted by Gasteiger charge is 2.06. The zero-order chi connectivity index (χ0) is 13.0. The summed E-state index contributed by atoms with van der Waals surface area (Å²) in [6.07, 6.45) is 1.82. The van der Waals surface area contributed by atoms with Crippen molar-refractivity contribution in [3.8, 4) is 5.75 Å². The van der Waals surface area contributed by atoms with E-state index >= 15 is 0 Å². The first kappa shape index (κ1) is 12.9. The lowest BCUT2D eigenvalue weighted by molar-refractivity contribution is 0.405. The molecule has 1 heterocycles. The molecule has 0 spiro atoms. The highest BCUT2D eigenvalue weighted by Crippen LogP contribution is 2.33. The molecule has 0 fully saturated rings. The Hall–Kier alpha value is -1.52. The lowest BCUT2D eigenvalue weighted by Gasteiger charge is -2.08. The standard InChI is InChI=1S/C14H16N2OS/c1-10(15)11-7-8-14(16-9-11)18-13-6-4-3-5-12(13)17-2/h3-10H,15H2,1-2H3/t10-/m1/s1. The summed E-state index contributed by atoms with van der Waals surface area (Å²) in [5, 5.41) is 0.934. The largest absolute Gasteiger partial charge is 0.496 e. The molecule has 0 aliphatic heterocycles. The lowest BCUT2D eigenvalue weighted by atomic mass is 10.2. The molecule has 0 aliphatic carbocycles. The van der Waals surface area contributed by atoms with E-state index < -0.39 is 0 Å². The smallest absolute Gasteiger partial charge is 0.132 e. The summed E-state index contributed by atoms with van der Waals surface area (Å²) in [7, 11) is 1.67. The summed E-state index contributed by atoms with van der Waals surface area (Å²) < 4.78 is 5.31. The van der Waals surface area contributed by atoms with Gasteiger partial charge in [0.25, 0.3) is 0 Å². The molecule has 94 valence electrons. The van der Waals surface area contributed by atoms with Gasteiger partial charge in [0, 0.05) is 12.2 Å². The number of hydrogen-bond donors (Lipinski definition) is 1. The Labute approximate surface area is 111 Å². The molecule has 4 heteroatoms. The van der Waals surface area contributed by atoms with Crippen LogP contribution in [0.5, 0.6) is 5.75 Å². The van der Waals surface area contributed by atoms with E-state index in [2.05, 4.69) is 4.98 Å². The summed E-state index contributed by atoms with van der Waals surface area (Å²) in [4.78, 5) is 5.45. The van der Waals surface area contributed by atoms with Gasteiger partial charge in [-0.25, -0.2) is 4.98 Å². The molecule has 0 aliphatic rings. The highest BCUT2D eigenvalue weighted by molar-refractivity contribution is 7.99. The maximum atomic E-state index is 5.80. The van der Waals surface area contributed by atoms with Crippen LogP contribution >= 0.6 is 11.8 Å². The van der Waals surface area contributed by atoms with Gasteiger partial charge >= 0.3 is 0 Å². The molecule has 18 heavy (non-hydrogen) atoms. The van der Waals surface area contributed by atoms with Gasteiger partial charge in [-0.05, 0) is 30.7 Å². The number of hydrogen-bond acceptors (Lipinski definition) is 4. The van der Waals surface area contributed by atoms with Crippen LogP contribution in [0.2, 0.25) is 0 Å². The first-order valence-corrected chi connectivity index (χ1v) is 6.54. The predicted molar refractivity (Wildman–Crippen MR) is 74.0 cm³/mol. The molecule has 3 nitrogen and oxygen atoms in total. The van der Waals surface area contributed by atoms with E-state index in [4.69, 9.17) is 10.5 Å². The van der Waals surface area contributed by atoms with Crippen molar-refractivity contribution in [2.75, 3.05) is 7.11 Å². The van der Waals surface area contributed by atoms with Gasteiger partial charge in [0.05, 0.1) is 12.0 Å². The van der Waals surface area contributed by atoms with Gasteiger partial charge in [0.2, 0.25) is 0 Å². The van der Waals surface area contributed by atoms with E-state index in [1.54, 1.807) is 18.9 Å². The van der Waals surface area contributed by atoms with Crippen molar-refractivity contribution >= 4 is 11.8 Å². The molecule has 1 aromatic heterocycles. The number of benzene rings is 1. The van der Waals surface area contributed by atoms with Crippen LogP contribution in [-0.4, -0.2) is 12.1 Å². The van der Waals surface area contributed by atoms with Crippen LogP contribution < -0.4 is 10.5 Å². The second kappa shape index (κ2) is 5.89. The van der Waals surface area contributed by atoms with E-state index in [-0.39, 0.29) is 6.04 Å². The Morgan fingerprint density at radius 3 is 2.61 bits per heavy atom. The first-order valence-electron chi connectivity index (χ1n) is 5.73. The van der Waals surface area contributed by atoms with Crippen LogP contribution in [-0.2, 0) is 0 Å². The van der Waals surface area contributed by atoms with Gasteiger partial charge in [-0.3, -0.25) is 0 Å². The van der Waals surface area contributed by atoms with Gasteiger partial charge in [0.1, 0.15) is 10.8 Å². The molecule has 2 rings (SSSR count). The van der Waals surface area contributed by atoms with Crippen LogP contribution in [0.3, 0.4) is 0 Å². The third-order valence-corrected chi connectivity index (χ3v) is 3.58. The average molecular weight is 260 g/mol. The van der Waals surface area contributed by atoms with Crippen molar-refractivity contribution in [1.82, 2.24) is 4.98 Å². The number of pyridine rings is 1. The van der Waals surface area contributed by atoms with E-state index in [0.29, 0.717) is 0 Å². The van der Waals surface area contributed by atoms with Gasteiger partial charge in [-0.1, -0.05) is 30.0 Å². The molecule has 0 saturated carbocycles. The van der Waals surface area contributed by atoms with Crippen LogP contribution in [0.25, 0.3) is 0 Å². The van der Waals surface area contributed by atoms with Gasteiger partial charge in [0.15, 0.2) is 0 Å². The molecule has 1 aromatic carbocycles. The number of rotatable bonds is 4. The number of methoxy groups -OCH3 is 1. The molecule has 0 unspecified atom stereocenters. The zero-order valence-electron chi connectivity index (χ0n) is 10.5. The average Bonchev–Trinajstić information content (AvgIpc) is 2.40. The Bertz CT molecular complexity index is 511. The van der Waals surface area contributed by atoms with Crippen molar-refractivity contribution in [1.29, 1.82) is 0 Å². The van der Waals surface area contributed by atoms with Crippen molar-refractivity contribution in [2.45, 2.75) is 22.9 Å². The van der Waals surface area contributed by atoms with Crippen molar-refractivity contribution < 1.29 is 4.74 Å². The third-order valence-electron chi connectivity index (χ3n) is 2.57. The molecule has 2 N–H and O–H groups in total. The number of ether oxygens (including phenoxy) is 1. The number of nitrogens with zero attached hydrogens (tertiary/aromatic N) is 1. The summed E-state index contributed by atoms with van der Waals surface area (Å²) in [6.45, 7) is 1.95. The van der Waals surface area contributed by atoms with Crippen molar-refractivity contribution in [3.63, 3.8) is 0 Å². The van der Waals surface area contributed by atoms with E-state index in [1.165, 1.54) is 0 Å². The molecule has 0 radical (unpaired) electrons. The maximum Gasteiger partial charge on any atom is 0.132 e. The van der Waals surface area contributed by atoms with Crippen LogP contribution in [0.15, 0.2) is 52.5 Å². The molecular formula is C14H16N2OS. The minimum atomic E-state index is 0.0165. The van der Waals surface area contributed by atoms with Gasteiger partial charge < -0.3 is 10.5 Å². The molecule has 1 atom stereocenters. The summed E-state index contributed by atoms with van der Waals surface area (Å²) >= 11 is 1.58. The number of aromatic nitrogens is 1. The lowest BCUT2D eigenvalue weighted by Crippen LogP contribution is -2.04. The molecule has 0 saturated heterocycles. The van der Waals surface area contributed by atoms with Gasteiger partial charge in [-0.15, -0.1) is 0 Å². The second-order valence-electron chi connectivity index (χ2n) is 3.97. The summed E-state index contributed by atoms with van der Waals surface area (Å²) in [5.41, 5.74) is 6.84. The minimum Gasteiger partial charge on any atom is -0.496 e. The van der Waals surface area contributed by atoms with Crippen molar-refractivity contribution in [3.05, 3.63) is 48.2 Å². The molecule has 0 bridgehead atoms. The topological polar surface area (TPSA) is 48.1 Å². The Morgan fingerprint density at radius 2 is 2.00 bits per heavy atom. The Morgan fingerprint density at radius 1 is 1.22 bits per heavy atom. The molecule has 2 aromatic rings. The fraction of sp³-hybridized carbons (Fsp3) is 0.214. The van der Waals surface area contributed by atoms with Crippen molar-refractivity contribution in [2.24, 2.45) is 5.73 Å². The fourth-order valence-corrected chi connectivity index (χ4v) is 2.40. The molecule has 0 amide bonds. The Balaban J connectivity index is 2.18. The quantitative estimate of drug-likeness (QED) is 0.916. The normalized spacial score (nSPS) is 12.2. The summed E-state index contributed by atoms with van der Waals surface area (Å²) in [5.74, 6) is 0.862. The van der Waals surface area contributed by atoms with E-state index in [9.17, 15) is 0 Å². The zero-order valence-corrected chi connectivity index (χ0v) is 11.3. The predicted octanol–water partition coefficient (Wildman–Crippen LogP) is 3.26. The fourth-order valence-electron chi connectivity index (χ4n) is 1.54. The Kier molecular flexibility index (Phi) is 4.23. The maximum absolute atomic E-state index is 5.80. The SMILES string of the molecule is COc1ccccc1Sc1ccc([C@@H](C)N)cn1. The number of nitrogens with two attached hydrogens (primary N) is 1. The third kappa shape index (κ3) is 3.03. The molecular weight excluding hydrogens is 244 g/mol. The first-order chi connectivity index (χ1) is 8.70. The van der Waals surface area contributed by atoms with Gasteiger partial charge in [-0.2, -0.15) is 0 Å². The van der Waals surface area contributed by atoms with Crippen LogP contribution in [0.1, 0.15) is 18.5 Å². The highest BCUT2D eigenvalue weighted by atomic mass is 32.2. The monoisotopic (exact) mass is 260 g/mol. The minimum absolute atomic E-state index is 0.0165. The van der Waals surface area contributed by atoms with E-state index in [1.807, 2.05) is 49.5 Å². The number of para-hydroxylation sites is 1. The summed E-state index contributed by atoms with van der Waals surface area (Å²) in [6, 6.07) is 11.9.